The summed E-state index contributed by atoms with van der Waals surface area (Å²) in [6.45, 7) is 0. The molecule has 7 heteroatoms. The average Bonchev–Trinajstić information content (AvgIpc) is 2.35. The number of halogens is 2. The summed E-state index contributed by atoms with van der Waals surface area (Å²) in [4.78, 5) is 0. The van der Waals surface area contributed by atoms with Gasteiger partial charge in [0.05, 0.1) is 11.3 Å². The Bertz CT molecular complexity index is 718. The second kappa shape index (κ2) is 5.68. The Kier molecular flexibility index (Phi) is 4.15. The Morgan fingerprint density at radius 2 is 1.55 bits per heavy atom. The molecule has 0 bridgehead atoms. The van der Waals surface area contributed by atoms with Gasteiger partial charge in [0.15, 0.2) is 0 Å². The number of nitrogens with one attached hydrogen (secondary N) is 2. The Hall–Kier alpha value is -1.79. The SMILES string of the molecule is CS(=O)(=O)Nc1ccc(Nc2ccc(F)c(Cl)c2)cc1. The quantitative estimate of drug-likeness (QED) is 0.906. The van der Waals surface area contributed by atoms with Gasteiger partial charge in [0.2, 0.25) is 10.0 Å². The van der Waals surface area contributed by atoms with E-state index in [0.29, 0.717) is 11.4 Å². The number of sulfonamides is 1. The molecule has 2 aromatic carbocycles. The van der Waals surface area contributed by atoms with E-state index >= 15 is 0 Å². The lowest BCUT2D eigenvalue weighted by Gasteiger charge is -2.09. The van der Waals surface area contributed by atoms with Crippen molar-refractivity contribution in [2.75, 3.05) is 16.3 Å². The zero-order valence-corrected chi connectivity index (χ0v) is 12.1. The van der Waals surface area contributed by atoms with E-state index in [0.717, 1.165) is 11.9 Å². The molecule has 0 saturated heterocycles. The van der Waals surface area contributed by atoms with E-state index in [1.54, 1.807) is 30.3 Å². The monoisotopic (exact) mass is 314 g/mol. The van der Waals surface area contributed by atoms with E-state index in [1.807, 2.05) is 0 Å². The fourth-order valence-electron chi connectivity index (χ4n) is 1.58. The summed E-state index contributed by atoms with van der Waals surface area (Å²) in [6, 6.07) is 10.9. The molecule has 0 fully saturated rings. The van der Waals surface area contributed by atoms with Crippen molar-refractivity contribution < 1.29 is 12.8 Å². The van der Waals surface area contributed by atoms with Crippen LogP contribution in [0.15, 0.2) is 42.5 Å². The molecule has 0 atom stereocenters. The second-order valence-corrected chi connectivity index (χ2v) is 6.36. The van der Waals surface area contributed by atoms with Crippen molar-refractivity contribution in [1.82, 2.24) is 0 Å². The lowest BCUT2D eigenvalue weighted by Crippen LogP contribution is -2.09. The normalized spacial score (nSPS) is 11.2. The third-order valence-corrected chi connectivity index (χ3v) is 3.29. The van der Waals surface area contributed by atoms with Crippen LogP contribution in [0.4, 0.5) is 21.5 Å². The van der Waals surface area contributed by atoms with Crippen LogP contribution in [0.5, 0.6) is 0 Å². The van der Waals surface area contributed by atoms with Gasteiger partial charge in [-0.15, -0.1) is 0 Å². The van der Waals surface area contributed by atoms with Crippen molar-refractivity contribution in [3.8, 4) is 0 Å². The zero-order chi connectivity index (χ0) is 14.8. The molecule has 2 rings (SSSR count). The first-order chi connectivity index (χ1) is 9.33. The van der Waals surface area contributed by atoms with Crippen LogP contribution >= 0.6 is 11.6 Å². The van der Waals surface area contributed by atoms with Crippen LogP contribution in [0.25, 0.3) is 0 Å². The molecule has 0 saturated carbocycles. The zero-order valence-electron chi connectivity index (χ0n) is 10.5. The molecule has 0 aromatic heterocycles. The highest BCUT2D eigenvalue weighted by molar-refractivity contribution is 7.92. The first-order valence-corrected chi connectivity index (χ1v) is 7.90. The van der Waals surface area contributed by atoms with Gasteiger partial charge < -0.3 is 5.32 Å². The molecule has 2 N–H and O–H groups in total. The molecule has 0 amide bonds. The molecule has 0 unspecified atom stereocenters. The summed E-state index contributed by atoms with van der Waals surface area (Å²) in [5, 5.41) is 3.07. The van der Waals surface area contributed by atoms with E-state index in [4.69, 9.17) is 11.6 Å². The fourth-order valence-corrected chi connectivity index (χ4v) is 2.32. The molecule has 0 spiro atoms. The second-order valence-electron chi connectivity index (χ2n) is 4.21. The molecule has 106 valence electrons. The summed E-state index contributed by atoms with van der Waals surface area (Å²) in [7, 11) is -3.29. The molecule has 0 radical (unpaired) electrons. The van der Waals surface area contributed by atoms with Gasteiger partial charge in [0, 0.05) is 17.1 Å². The third kappa shape index (κ3) is 4.11. The maximum atomic E-state index is 13.0. The van der Waals surface area contributed by atoms with Crippen molar-refractivity contribution in [2.24, 2.45) is 0 Å². The Balaban J connectivity index is 2.12. The molecule has 0 heterocycles. The molecule has 20 heavy (non-hydrogen) atoms. The number of hydrogen-bond acceptors (Lipinski definition) is 3. The van der Waals surface area contributed by atoms with Crippen LogP contribution in [0.3, 0.4) is 0 Å². The molecule has 0 aliphatic rings. The molecule has 0 aliphatic carbocycles. The van der Waals surface area contributed by atoms with Gasteiger partial charge >= 0.3 is 0 Å². The predicted molar refractivity (Wildman–Crippen MR) is 79.6 cm³/mol. The van der Waals surface area contributed by atoms with Crippen molar-refractivity contribution in [3.63, 3.8) is 0 Å². The van der Waals surface area contributed by atoms with E-state index in [9.17, 15) is 12.8 Å². The van der Waals surface area contributed by atoms with Crippen molar-refractivity contribution in [3.05, 3.63) is 53.3 Å². The van der Waals surface area contributed by atoms with Gasteiger partial charge in [-0.1, -0.05) is 11.6 Å². The van der Waals surface area contributed by atoms with E-state index in [2.05, 4.69) is 10.0 Å². The largest absolute Gasteiger partial charge is 0.355 e. The number of benzene rings is 2. The van der Waals surface area contributed by atoms with Gasteiger partial charge in [0.1, 0.15) is 5.82 Å². The summed E-state index contributed by atoms with van der Waals surface area (Å²) in [6.07, 6.45) is 1.08. The minimum Gasteiger partial charge on any atom is -0.355 e. The summed E-state index contributed by atoms with van der Waals surface area (Å²) in [5.74, 6) is -0.482. The first-order valence-electron chi connectivity index (χ1n) is 5.63. The average molecular weight is 315 g/mol. The molecular weight excluding hydrogens is 303 g/mol. The maximum absolute atomic E-state index is 13.0. The van der Waals surface area contributed by atoms with Crippen molar-refractivity contribution >= 4 is 38.7 Å². The van der Waals surface area contributed by atoms with Gasteiger partial charge in [-0.2, -0.15) is 0 Å². The van der Waals surface area contributed by atoms with E-state index in [1.165, 1.54) is 12.1 Å². The third-order valence-electron chi connectivity index (χ3n) is 2.40. The number of anilines is 3. The minimum atomic E-state index is -3.29. The Morgan fingerprint density at radius 3 is 2.10 bits per heavy atom. The van der Waals surface area contributed by atoms with Crippen LogP contribution in [0.2, 0.25) is 5.02 Å². The minimum absolute atomic E-state index is 0.0327. The first kappa shape index (κ1) is 14.6. The highest BCUT2D eigenvalue weighted by Gasteiger charge is 2.03. The van der Waals surface area contributed by atoms with Crippen molar-refractivity contribution in [1.29, 1.82) is 0 Å². The molecular formula is C13H12ClFN2O2S. The summed E-state index contributed by atoms with van der Waals surface area (Å²) in [5.41, 5.74) is 1.84. The summed E-state index contributed by atoms with van der Waals surface area (Å²) >= 11 is 5.69. The lowest BCUT2D eigenvalue weighted by molar-refractivity contribution is 0.607. The highest BCUT2D eigenvalue weighted by Crippen LogP contribution is 2.23. The van der Waals surface area contributed by atoms with Gasteiger partial charge in [-0.05, 0) is 42.5 Å². The van der Waals surface area contributed by atoms with Crippen LogP contribution in [0.1, 0.15) is 0 Å². The van der Waals surface area contributed by atoms with Crippen LogP contribution < -0.4 is 10.0 Å². The number of hydrogen-bond donors (Lipinski definition) is 2. The maximum Gasteiger partial charge on any atom is 0.229 e. The lowest BCUT2D eigenvalue weighted by atomic mass is 10.2. The van der Waals surface area contributed by atoms with Crippen molar-refractivity contribution in [2.45, 2.75) is 0 Å². The Morgan fingerprint density at radius 1 is 1.00 bits per heavy atom. The van der Waals surface area contributed by atoms with E-state index < -0.39 is 15.8 Å². The van der Waals surface area contributed by atoms with Gasteiger partial charge in [-0.3, -0.25) is 4.72 Å². The Labute approximate surface area is 121 Å². The van der Waals surface area contributed by atoms with Crippen LogP contribution in [-0.4, -0.2) is 14.7 Å². The predicted octanol–water partition coefficient (Wildman–Crippen LogP) is 3.59. The summed E-state index contributed by atoms with van der Waals surface area (Å²) < 4.78 is 37.5. The van der Waals surface area contributed by atoms with E-state index in [-0.39, 0.29) is 5.02 Å². The molecule has 4 nitrogen and oxygen atoms in total. The smallest absolute Gasteiger partial charge is 0.229 e. The van der Waals surface area contributed by atoms with Crippen LogP contribution in [0, 0.1) is 5.82 Å². The fraction of sp³-hybridized carbons (Fsp3) is 0.0769. The highest BCUT2D eigenvalue weighted by atomic mass is 35.5. The van der Waals surface area contributed by atoms with Gasteiger partial charge in [0.25, 0.3) is 0 Å². The topological polar surface area (TPSA) is 58.2 Å². The van der Waals surface area contributed by atoms with Crippen LogP contribution in [-0.2, 0) is 10.0 Å². The number of rotatable bonds is 4. The molecule has 2 aromatic rings. The molecule has 0 aliphatic heterocycles. The van der Waals surface area contributed by atoms with Gasteiger partial charge in [-0.25, -0.2) is 12.8 Å². The standard InChI is InChI=1S/C13H12ClFN2O2S/c1-20(18,19)17-10-4-2-9(3-5-10)16-11-6-7-13(15)12(14)8-11/h2-8,16-17H,1H3.